The monoisotopic (exact) mass is 254 g/mol. The molecule has 1 heterocycles. The van der Waals surface area contributed by atoms with E-state index in [9.17, 15) is 8.42 Å². The minimum atomic E-state index is -3.17. The number of para-hydroxylation sites is 1. The molecule has 0 atom stereocenters. The molecule has 0 spiro atoms. The van der Waals surface area contributed by atoms with Crippen molar-refractivity contribution in [3.8, 4) is 0 Å². The highest BCUT2D eigenvalue weighted by Gasteiger charge is 2.25. The SMILES string of the molecule is CCc1ccccc1N1CCNCCS1(=O)=O. The normalized spacial score (nSPS) is 19.9. The molecule has 0 bridgehead atoms. The molecule has 1 saturated heterocycles. The van der Waals surface area contributed by atoms with Gasteiger partial charge in [0.15, 0.2) is 0 Å². The van der Waals surface area contributed by atoms with Gasteiger partial charge in [-0.15, -0.1) is 0 Å². The van der Waals surface area contributed by atoms with E-state index in [1.807, 2.05) is 31.2 Å². The van der Waals surface area contributed by atoms with Crippen LogP contribution in [0.25, 0.3) is 0 Å². The summed E-state index contributed by atoms with van der Waals surface area (Å²) in [5.74, 6) is 0.172. The summed E-state index contributed by atoms with van der Waals surface area (Å²) in [7, 11) is -3.17. The van der Waals surface area contributed by atoms with Crippen LogP contribution in [0.4, 0.5) is 5.69 Å². The van der Waals surface area contributed by atoms with Crippen molar-refractivity contribution < 1.29 is 8.42 Å². The van der Waals surface area contributed by atoms with Crippen LogP contribution in [0.15, 0.2) is 24.3 Å². The van der Waals surface area contributed by atoms with Gasteiger partial charge in [-0.1, -0.05) is 25.1 Å². The average Bonchev–Trinajstić information content (AvgIpc) is 2.50. The number of sulfonamides is 1. The number of nitrogens with one attached hydrogen (secondary N) is 1. The molecule has 94 valence electrons. The van der Waals surface area contributed by atoms with E-state index in [0.29, 0.717) is 19.6 Å². The molecule has 1 aromatic carbocycles. The van der Waals surface area contributed by atoms with E-state index in [1.165, 1.54) is 0 Å². The molecule has 1 aliphatic heterocycles. The van der Waals surface area contributed by atoms with Gasteiger partial charge >= 0.3 is 0 Å². The Morgan fingerprint density at radius 1 is 1.29 bits per heavy atom. The van der Waals surface area contributed by atoms with Gasteiger partial charge in [-0.05, 0) is 18.1 Å². The average molecular weight is 254 g/mol. The van der Waals surface area contributed by atoms with Crippen LogP contribution in [0.2, 0.25) is 0 Å². The van der Waals surface area contributed by atoms with E-state index in [4.69, 9.17) is 0 Å². The number of hydrogen-bond donors (Lipinski definition) is 1. The molecule has 0 saturated carbocycles. The number of anilines is 1. The third-order valence-electron chi connectivity index (χ3n) is 3.01. The first-order chi connectivity index (χ1) is 8.15. The summed E-state index contributed by atoms with van der Waals surface area (Å²) < 4.78 is 25.9. The van der Waals surface area contributed by atoms with Crippen LogP contribution in [0, 0.1) is 0 Å². The molecule has 17 heavy (non-hydrogen) atoms. The van der Waals surface area contributed by atoms with Gasteiger partial charge in [0.2, 0.25) is 10.0 Å². The van der Waals surface area contributed by atoms with Gasteiger partial charge in [0.1, 0.15) is 0 Å². The van der Waals surface area contributed by atoms with Crippen molar-refractivity contribution in [1.29, 1.82) is 0 Å². The fourth-order valence-corrected chi connectivity index (χ4v) is 3.55. The second-order valence-electron chi connectivity index (χ2n) is 4.12. The molecule has 0 aromatic heterocycles. The van der Waals surface area contributed by atoms with Gasteiger partial charge in [0.25, 0.3) is 0 Å². The molecule has 0 amide bonds. The Labute approximate surface area is 103 Å². The topological polar surface area (TPSA) is 49.4 Å². The van der Waals surface area contributed by atoms with Crippen molar-refractivity contribution in [1.82, 2.24) is 5.32 Å². The van der Waals surface area contributed by atoms with Crippen molar-refractivity contribution in [2.45, 2.75) is 13.3 Å². The molecule has 1 fully saturated rings. The molecule has 1 aromatic rings. The predicted octanol–water partition coefficient (Wildman–Crippen LogP) is 0.988. The number of benzene rings is 1. The minimum absolute atomic E-state index is 0.172. The highest BCUT2D eigenvalue weighted by atomic mass is 32.2. The van der Waals surface area contributed by atoms with Crippen molar-refractivity contribution in [2.75, 3.05) is 29.7 Å². The van der Waals surface area contributed by atoms with Crippen molar-refractivity contribution in [3.05, 3.63) is 29.8 Å². The third kappa shape index (κ3) is 2.61. The summed E-state index contributed by atoms with van der Waals surface area (Å²) in [5, 5.41) is 3.12. The van der Waals surface area contributed by atoms with Crippen LogP contribution >= 0.6 is 0 Å². The van der Waals surface area contributed by atoms with Crippen LogP contribution in [0.3, 0.4) is 0 Å². The van der Waals surface area contributed by atoms with Crippen LogP contribution < -0.4 is 9.62 Å². The maximum atomic E-state index is 12.2. The van der Waals surface area contributed by atoms with E-state index >= 15 is 0 Å². The zero-order chi connectivity index (χ0) is 12.3. The molecular formula is C12H18N2O2S. The standard InChI is InChI=1S/C12H18N2O2S/c1-2-11-5-3-4-6-12(11)14-9-7-13-8-10-17(14,15)16/h3-6,13H,2,7-10H2,1H3. The van der Waals surface area contributed by atoms with E-state index in [0.717, 1.165) is 17.7 Å². The van der Waals surface area contributed by atoms with Gasteiger partial charge in [0.05, 0.1) is 11.4 Å². The van der Waals surface area contributed by atoms with Crippen LogP contribution in [-0.4, -0.2) is 33.8 Å². The molecule has 5 heteroatoms. The Morgan fingerprint density at radius 3 is 2.82 bits per heavy atom. The summed E-state index contributed by atoms with van der Waals surface area (Å²) in [6.45, 7) is 3.80. The van der Waals surface area contributed by atoms with E-state index in [2.05, 4.69) is 5.32 Å². The summed E-state index contributed by atoms with van der Waals surface area (Å²) in [6, 6.07) is 7.72. The predicted molar refractivity (Wildman–Crippen MR) is 69.8 cm³/mol. The zero-order valence-corrected chi connectivity index (χ0v) is 10.8. The summed E-state index contributed by atoms with van der Waals surface area (Å²) in [6.07, 6.45) is 0.843. The van der Waals surface area contributed by atoms with Crippen LogP contribution in [0.1, 0.15) is 12.5 Å². The number of aryl methyl sites for hydroxylation is 1. The lowest BCUT2D eigenvalue weighted by atomic mass is 10.1. The first-order valence-corrected chi connectivity index (χ1v) is 7.55. The van der Waals surface area contributed by atoms with Crippen molar-refractivity contribution in [3.63, 3.8) is 0 Å². The highest BCUT2D eigenvalue weighted by Crippen LogP contribution is 2.24. The molecule has 1 N–H and O–H groups in total. The lowest BCUT2D eigenvalue weighted by molar-refractivity contribution is 0.593. The first kappa shape index (κ1) is 12.4. The van der Waals surface area contributed by atoms with Crippen LogP contribution in [-0.2, 0) is 16.4 Å². The maximum absolute atomic E-state index is 12.2. The summed E-state index contributed by atoms with van der Waals surface area (Å²) in [4.78, 5) is 0. The molecule has 4 nitrogen and oxygen atoms in total. The van der Waals surface area contributed by atoms with Gasteiger partial charge in [-0.25, -0.2) is 8.42 Å². The Kier molecular flexibility index (Phi) is 3.69. The lowest BCUT2D eigenvalue weighted by Crippen LogP contribution is -2.34. The molecular weight excluding hydrogens is 236 g/mol. The van der Waals surface area contributed by atoms with E-state index in [-0.39, 0.29) is 5.75 Å². The highest BCUT2D eigenvalue weighted by molar-refractivity contribution is 7.92. The second-order valence-corrected chi connectivity index (χ2v) is 6.13. The quantitative estimate of drug-likeness (QED) is 0.856. The van der Waals surface area contributed by atoms with Gasteiger partial charge in [0, 0.05) is 19.6 Å². The van der Waals surface area contributed by atoms with Gasteiger partial charge < -0.3 is 5.32 Å². The fourth-order valence-electron chi connectivity index (χ4n) is 2.08. The van der Waals surface area contributed by atoms with Crippen molar-refractivity contribution in [2.24, 2.45) is 0 Å². The number of nitrogens with zero attached hydrogens (tertiary/aromatic N) is 1. The molecule has 0 unspecified atom stereocenters. The zero-order valence-electron chi connectivity index (χ0n) is 10.0. The largest absolute Gasteiger partial charge is 0.314 e. The maximum Gasteiger partial charge on any atom is 0.236 e. The lowest BCUT2D eigenvalue weighted by Gasteiger charge is -2.24. The minimum Gasteiger partial charge on any atom is -0.314 e. The summed E-state index contributed by atoms with van der Waals surface area (Å²) in [5.41, 5.74) is 1.91. The Balaban J connectivity index is 2.43. The molecule has 1 aliphatic rings. The Hall–Kier alpha value is -1.07. The first-order valence-electron chi connectivity index (χ1n) is 5.94. The Morgan fingerprint density at radius 2 is 2.06 bits per heavy atom. The Bertz CT molecular complexity index is 485. The number of hydrogen-bond acceptors (Lipinski definition) is 3. The van der Waals surface area contributed by atoms with Crippen LogP contribution in [0.5, 0.6) is 0 Å². The van der Waals surface area contributed by atoms with E-state index < -0.39 is 10.0 Å². The van der Waals surface area contributed by atoms with Gasteiger partial charge in [-0.2, -0.15) is 0 Å². The van der Waals surface area contributed by atoms with E-state index in [1.54, 1.807) is 4.31 Å². The van der Waals surface area contributed by atoms with Gasteiger partial charge in [-0.3, -0.25) is 4.31 Å². The number of rotatable bonds is 2. The molecule has 2 rings (SSSR count). The summed E-state index contributed by atoms with van der Waals surface area (Å²) >= 11 is 0. The fraction of sp³-hybridized carbons (Fsp3) is 0.500. The smallest absolute Gasteiger partial charge is 0.236 e. The molecule has 0 aliphatic carbocycles. The van der Waals surface area contributed by atoms with Crippen molar-refractivity contribution >= 4 is 15.7 Å². The second kappa shape index (κ2) is 5.06. The third-order valence-corrected chi connectivity index (χ3v) is 4.78. The molecule has 0 radical (unpaired) electrons.